The summed E-state index contributed by atoms with van der Waals surface area (Å²) in [6, 6.07) is 12.6. The zero-order valence-corrected chi connectivity index (χ0v) is 10.9. The van der Waals surface area contributed by atoms with Crippen LogP contribution in [0.5, 0.6) is 5.75 Å². The fourth-order valence-corrected chi connectivity index (χ4v) is 1.83. The molecule has 0 bridgehead atoms. The van der Waals surface area contributed by atoms with Gasteiger partial charge >= 0.3 is 0 Å². The average Bonchev–Trinajstić information content (AvgIpc) is 2.39. The van der Waals surface area contributed by atoms with E-state index in [1.165, 1.54) is 0 Å². The van der Waals surface area contributed by atoms with E-state index in [0.29, 0.717) is 22.7 Å². The van der Waals surface area contributed by atoms with Crippen molar-refractivity contribution in [1.82, 2.24) is 0 Å². The standard InChI is InChI=1S/C15H16N2O2/c1-10-7-8-11(12(16)9-10)15(18)17-13-5-3-4-6-14(13)19-2/h3-9H,16H2,1-2H3,(H,17,18). The van der Waals surface area contributed by atoms with Gasteiger partial charge < -0.3 is 15.8 Å². The van der Waals surface area contributed by atoms with Gasteiger partial charge in [0.2, 0.25) is 0 Å². The quantitative estimate of drug-likeness (QED) is 0.830. The van der Waals surface area contributed by atoms with Crippen molar-refractivity contribution in [2.75, 3.05) is 18.2 Å². The molecule has 4 heteroatoms. The Balaban J connectivity index is 2.26. The van der Waals surface area contributed by atoms with Gasteiger partial charge in [0.1, 0.15) is 5.75 Å². The summed E-state index contributed by atoms with van der Waals surface area (Å²) in [5.74, 6) is 0.364. The van der Waals surface area contributed by atoms with Crippen LogP contribution in [0, 0.1) is 6.92 Å². The van der Waals surface area contributed by atoms with Crippen molar-refractivity contribution >= 4 is 17.3 Å². The van der Waals surface area contributed by atoms with Gasteiger partial charge in [-0.05, 0) is 36.8 Å². The maximum atomic E-state index is 12.2. The van der Waals surface area contributed by atoms with E-state index in [1.807, 2.05) is 25.1 Å². The number of nitrogen functional groups attached to an aromatic ring is 1. The normalized spacial score (nSPS) is 10.0. The lowest BCUT2D eigenvalue weighted by Crippen LogP contribution is -2.14. The molecule has 0 fully saturated rings. The first-order valence-electron chi connectivity index (χ1n) is 5.92. The number of benzene rings is 2. The van der Waals surface area contributed by atoms with Crippen LogP contribution in [0.3, 0.4) is 0 Å². The molecule has 3 N–H and O–H groups in total. The van der Waals surface area contributed by atoms with E-state index in [0.717, 1.165) is 5.56 Å². The summed E-state index contributed by atoms with van der Waals surface area (Å²) in [5.41, 5.74) is 8.41. The molecule has 0 aromatic heterocycles. The largest absolute Gasteiger partial charge is 0.495 e. The molecular weight excluding hydrogens is 240 g/mol. The molecule has 98 valence electrons. The van der Waals surface area contributed by atoms with Crippen LogP contribution >= 0.6 is 0 Å². The number of hydrogen-bond donors (Lipinski definition) is 2. The highest BCUT2D eigenvalue weighted by molar-refractivity contribution is 6.08. The summed E-state index contributed by atoms with van der Waals surface area (Å²) in [4.78, 5) is 12.2. The minimum Gasteiger partial charge on any atom is -0.495 e. The van der Waals surface area contributed by atoms with Gasteiger partial charge in [0, 0.05) is 5.69 Å². The lowest BCUT2D eigenvalue weighted by atomic mass is 10.1. The lowest BCUT2D eigenvalue weighted by Gasteiger charge is -2.11. The number of carbonyl (C=O) groups is 1. The molecule has 0 aliphatic carbocycles. The number of hydrogen-bond acceptors (Lipinski definition) is 3. The van der Waals surface area contributed by atoms with Crippen molar-refractivity contribution in [2.24, 2.45) is 0 Å². The van der Waals surface area contributed by atoms with Crippen LogP contribution in [0.25, 0.3) is 0 Å². The molecule has 0 unspecified atom stereocenters. The Labute approximate surface area is 112 Å². The molecule has 2 aromatic carbocycles. The molecule has 0 saturated carbocycles. The predicted molar refractivity (Wildman–Crippen MR) is 76.5 cm³/mol. The van der Waals surface area contributed by atoms with Gasteiger partial charge in [-0.1, -0.05) is 18.2 Å². The van der Waals surface area contributed by atoms with Crippen molar-refractivity contribution < 1.29 is 9.53 Å². The van der Waals surface area contributed by atoms with Crippen LogP contribution in [0.4, 0.5) is 11.4 Å². The number of carbonyl (C=O) groups excluding carboxylic acids is 1. The van der Waals surface area contributed by atoms with Gasteiger partial charge in [-0.25, -0.2) is 0 Å². The number of anilines is 2. The number of nitrogens with one attached hydrogen (secondary N) is 1. The van der Waals surface area contributed by atoms with Crippen molar-refractivity contribution in [2.45, 2.75) is 6.92 Å². The van der Waals surface area contributed by atoms with Gasteiger partial charge in [-0.2, -0.15) is 0 Å². The highest BCUT2D eigenvalue weighted by Gasteiger charge is 2.11. The summed E-state index contributed by atoms with van der Waals surface area (Å²) in [6.45, 7) is 1.93. The second-order valence-corrected chi connectivity index (χ2v) is 4.25. The molecule has 0 heterocycles. The van der Waals surface area contributed by atoms with E-state index in [-0.39, 0.29) is 5.91 Å². The molecule has 0 radical (unpaired) electrons. The third-order valence-electron chi connectivity index (χ3n) is 2.81. The molecule has 0 aliphatic heterocycles. The Morgan fingerprint density at radius 1 is 1.21 bits per heavy atom. The predicted octanol–water partition coefficient (Wildman–Crippen LogP) is 2.84. The van der Waals surface area contributed by atoms with Crippen LogP contribution in [0.1, 0.15) is 15.9 Å². The van der Waals surface area contributed by atoms with Gasteiger partial charge in [0.25, 0.3) is 5.91 Å². The zero-order chi connectivity index (χ0) is 13.8. The summed E-state index contributed by atoms with van der Waals surface area (Å²) in [5, 5.41) is 2.79. The van der Waals surface area contributed by atoms with Crippen LogP contribution in [-0.2, 0) is 0 Å². The Bertz CT molecular complexity index is 609. The third-order valence-corrected chi connectivity index (χ3v) is 2.81. The van der Waals surface area contributed by atoms with Crippen LogP contribution in [0.2, 0.25) is 0 Å². The smallest absolute Gasteiger partial charge is 0.257 e. The Morgan fingerprint density at radius 3 is 2.63 bits per heavy atom. The first kappa shape index (κ1) is 13.0. The van der Waals surface area contributed by atoms with Gasteiger partial charge in [0.05, 0.1) is 18.4 Å². The summed E-state index contributed by atoms with van der Waals surface area (Å²) in [7, 11) is 1.56. The van der Waals surface area contributed by atoms with Gasteiger partial charge in [-0.3, -0.25) is 4.79 Å². The Hall–Kier alpha value is -2.49. The number of aryl methyl sites for hydroxylation is 1. The van der Waals surface area contributed by atoms with E-state index in [4.69, 9.17) is 10.5 Å². The summed E-state index contributed by atoms with van der Waals surface area (Å²) in [6.07, 6.45) is 0. The molecule has 1 amide bonds. The third kappa shape index (κ3) is 2.85. The Kier molecular flexibility index (Phi) is 3.71. The van der Waals surface area contributed by atoms with E-state index in [9.17, 15) is 4.79 Å². The molecule has 2 aromatic rings. The fourth-order valence-electron chi connectivity index (χ4n) is 1.83. The average molecular weight is 256 g/mol. The second-order valence-electron chi connectivity index (χ2n) is 4.25. The van der Waals surface area contributed by atoms with Crippen LogP contribution in [0.15, 0.2) is 42.5 Å². The van der Waals surface area contributed by atoms with Crippen LogP contribution in [-0.4, -0.2) is 13.0 Å². The number of ether oxygens (including phenoxy) is 1. The molecular formula is C15H16N2O2. The molecule has 2 rings (SSSR count). The lowest BCUT2D eigenvalue weighted by molar-refractivity contribution is 0.102. The van der Waals surface area contributed by atoms with Crippen LogP contribution < -0.4 is 15.8 Å². The number of para-hydroxylation sites is 2. The number of amides is 1. The zero-order valence-electron chi connectivity index (χ0n) is 10.9. The molecule has 0 spiro atoms. The van der Waals surface area contributed by atoms with E-state index >= 15 is 0 Å². The highest BCUT2D eigenvalue weighted by Crippen LogP contribution is 2.24. The maximum Gasteiger partial charge on any atom is 0.257 e. The van der Waals surface area contributed by atoms with Crippen molar-refractivity contribution in [1.29, 1.82) is 0 Å². The minimum absolute atomic E-state index is 0.248. The molecule has 4 nitrogen and oxygen atoms in total. The van der Waals surface area contributed by atoms with Gasteiger partial charge in [-0.15, -0.1) is 0 Å². The first-order valence-corrected chi connectivity index (χ1v) is 5.92. The minimum atomic E-state index is -0.248. The monoisotopic (exact) mass is 256 g/mol. The summed E-state index contributed by atoms with van der Waals surface area (Å²) < 4.78 is 5.19. The first-order chi connectivity index (χ1) is 9.11. The molecule has 19 heavy (non-hydrogen) atoms. The number of rotatable bonds is 3. The van der Waals surface area contributed by atoms with E-state index < -0.39 is 0 Å². The van der Waals surface area contributed by atoms with E-state index in [2.05, 4.69) is 5.32 Å². The maximum absolute atomic E-state index is 12.2. The topological polar surface area (TPSA) is 64.3 Å². The Morgan fingerprint density at radius 2 is 1.95 bits per heavy atom. The van der Waals surface area contributed by atoms with Crippen molar-refractivity contribution in [3.05, 3.63) is 53.6 Å². The fraction of sp³-hybridized carbons (Fsp3) is 0.133. The van der Waals surface area contributed by atoms with Crippen molar-refractivity contribution in [3.63, 3.8) is 0 Å². The highest BCUT2D eigenvalue weighted by atomic mass is 16.5. The second kappa shape index (κ2) is 5.44. The van der Waals surface area contributed by atoms with Crippen molar-refractivity contribution in [3.8, 4) is 5.75 Å². The molecule has 0 saturated heterocycles. The molecule has 0 aliphatic rings. The molecule has 0 atom stereocenters. The van der Waals surface area contributed by atoms with Gasteiger partial charge in [0.15, 0.2) is 0 Å². The summed E-state index contributed by atoms with van der Waals surface area (Å²) >= 11 is 0. The number of methoxy groups -OCH3 is 1. The number of nitrogens with two attached hydrogens (primary N) is 1. The SMILES string of the molecule is COc1ccccc1NC(=O)c1ccc(C)cc1N. The van der Waals surface area contributed by atoms with E-state index in [1.54, 1.807) is 31.4 Å².